The van der Waals surface area contributed by atoms with Gasteiger partial charge in [0.15, 0.2) is 5.78 Å². The second-order valence-corrected chi connectivity index (χ2v) is 8.61. The van der Waals surface area contributed by atoms with Crippen LogP contribution in [0.2, 0.25) is 0 Å². The van der Waals surface area contributed by atoms with Gasteiger partial charge in [-0.05, 0) is 53.4 Å². The molecule has 0 unspecified atom stereocenters. The minimum Gasteiger partial charge on any atom is -0.497 e. The smallest absolute Gasteiger partial charge is 0.251 e. The van der Waals surface area contributed by atoms with Crippen LogP contribution < -0.4 is 10.1 Å². The van der Waals surface area contributed by atoms with Gasteiger partial charge < -0.3 is 15.0 Å². The second-order valence-electron chi connectivity index (χ2n) is 8.17. The zero-order valence-electron chi connectivity index (χ0n) is 19.6. The highest BCUT2D eigenvalue weighted by molar-refractivity contribution is 7.80. The topological polar surface area (TPSA) is 71.2 Å². The van der Waals surface area contributed by atoms with E-state index in [1.807, 2.05) is 72.8 Å². The number of rotatable bonds is 10. The number of aryl methyl sites for hydroxylation is 1. The molecular formula is C29H28N2O3S. The molecule has 0 saturated heterocycles. The highest BCUT2D eigenvalue weighted by Gasteiger charge is 2.18. The van der Waals surface area contributed by atoms with Crippen molar-refractivity contribution in [2.75, 3.05) is 19.4 Å². The van der Waals surface area contributed by atoms with Gasteiger partial charge in [-0.2, -0.15) is 12.6 Å². The van der Waals surface area contributed by atoms with Crippen LogP contribution in [-0.4, -0.2) is 36.1 Å². The number of thiol groups is 1. The van der Waals surface area contributed by atoms with E-state index in [1.54, 1.807) is 19.2 Å². The number of ether oxygens (including phenoxy) is 1. The van der Waals surface area contributed by atoms with Crippen molar-refractivity contribution in [3.05, 3.63) is 102 Å². The zero-order valence-corrected chi connectivity index (χ0v) is 20.5. The average Bonchev–Trinajstić information content (AvgIpc) is 3.37. The van der Waals surface area contributed by atoms with Crippen molar-refractivity contribution in [2.45, 2.75) is 12.8 Å². The van der Waals surface area contributed by atoms with Crippen molar-refractivity contribution in [3.63, 3.8) is 0 Å². The van der Waals surface area contributed by atoms with Gasteiger partial charge in [-0.25, -0.2) is 0 Å². The van der Waals surface area contributed by atoms with E-state index in [2.05, 4.69) is 22.9 Å². The van der Waals surface area contributed by atoms with Gasteiger partial charge in [-0.15, -0.1) is 0 Å². The SMILES string of the molecule is COc1ccc(-c2cc(-c3ccccc3)[nH]c2C(=O)CCc2ccc(C(=O)NCCS)cc2)cc1. The molecule has 178 valence electrons. The summed E-state index contributed by atoms with van der Waals surface area (Å²) in [7, 11) is 1.63. The van der Waals surface area contributed by atoms with Gasteiger partial charge in [-0.3, -0.25) is 9.59 Å². The Morgan fingerprint density at radius 2 is 1.63 bits per heavy atom. The maximum atomic E-state index is 13.3. The molecule has 0 aliphatic rings. The number of carbonyl (C=O) groups is 2. The van der Waals surface area contributed by atoms with Crippen molar-refractivity contribution in [1.29, 1.82) is 0 Å². The van der Waals surface area contributed by atoms with Gasteiger partial charge in [0.25, 0.3) is 5.91 Å². The summed E-state index contributed by atoms with van der Waals surface area (Å²) in [6, 6.07) is 27.1. The van der Waals surface area contributed by atoms with Gasteiger partial charge >= 0.3 is 0 Å². The number of H-pyrrole nitrogens is 1. The maximum Gasteiger partial charge on any atom is 0.251 e. The number of amides is 1. The minimum absolute atomic E-state index is 0.0357. The largest absolute Gasteiger partial charge is 0.497 e. The van der Waals surface area contributed by atoms with Crippen LogP contribution in [0, 0.1) is 0 Å². The highest BCUT2D eigenvalue weighted by Crippen LogP contribution is 2.32. The number of aromatic amines is 1. The molecule has 0 aliphatic carbocycles. The molecule has 1 amide bonds. The number of aromatic nitrogens is 1. The Balaban J connectivity index is 1.54. The second kappa shape index (κ2) is 11.6. The van der Waals surface area contributed by atoms with Crippen LogP contribution >= 0.6 is 12.6 Å². The van der Waals surface area contributed by atoms with Crippen molar-refractivity contribution in [1.82, 2.24) is 10.3 Å². The first kappa shape index (κ1) is 24.4. The van der Waals surface area contributed by atoms with Crippen LogP contribution in [0.5, 0.6) is 5.75 Å². The predicted octanol–water partition coefficient (Wildman–Crippen LogP) is 5.83. The molecule has 3 aromatic carbocycles. The van der Waals surface area contributed by atoms with E-state index in [-0.39, 0.29) is 11.7 Å². The summed E-state index contributed by atoms with van der Waals surface area (Å²) in [5, 5.41) is 2.80. The monoisotopic (exact) mass is 484 g/mol. The highest BCUT2D eigenvalue weighted by atomic mass is 32.1. The van der Waals surface area contributed by atoms with Crippen molar-refractivity contribution < 1.29 is 14.3 Å². The Morgan fingerprint density at radius 1 is 0.914 bits per heavy atom. The number of Topliss-reactive ketones (excluding diaryl/α,β-unsaturated/α-hetero) is 1. The summed E-state index contributed by atoms with van der Waals surface area (Å²) in [4.78, 5) is 28.8. The molecule has 0 bridgehead atoms. The van der Waals surface area contributed by atoms with Gasteiger partial charge in [0.05, 0.1) is 12.8 Å². The first-order chi connectivity index (χ1) is 17.1. The van der Waals surface area contributed by atoms with E-state index in [1.165, 1.54) is 0 Å². The van der Waals surface area contributed by atoms with Crippen molar-refractivity contribution >= 4 is 24.3 Å². The first-order valence-electron chi connectivity index (χ1n) is 11.5. The summed E-state index contributed by atoms with van der Waals surface area (Å²) < 4.78 is 5.28. The third-order valence-electron chi connectivity index (χ3n) is 5.84. The maximum absolute atomic E-state index is 13.3. The number of methoxy groups -OCH3 is 1. The molecule has 0 atom stereocenters. The molecule has 0 radical (unpaired) electrons. The number of benzene rings is 3. The van der Waals surface area contributed by atoms with Crippen LogP contribution in [0.1, 0.15) is 32.8 Å². The van der Waals surface area contributed by atoms with Crippen molar-refractivity contribution in [2.24, 2.45) is 0 Å². The fourth-order valence-corrected chi connectivity index (χ4v) is 4.03. The number of ketones is 1. The third-order valence-corrected chi connectivity index (χ3v) is 6.06. The summed E-state index contributed by atoms with van der Waals surface area (Å²) >= 11 is 4.11. The molecule has 0 spiro atoms. The lowest BCUT2D eigenvalue weighted by Crippen LogP contribution is -2.25. The predicted molar refractivity (Wildman–Crippen MR) is 143 cm³/mol. The molecule has 1 aromatic heterocycles. The first-order valence-corrected chi connectivity index (χ1v) is 12.2. The molecule has 5 nitrogen and oxygen atoms in total. The number of hydrogen-bond acceptors (Lipinski definition) is 4. The van der Waals surface area contributed by atoms with E-state index in [9.17, 15) is 9.59 Å². The molecule has 2 N–H and O–H groups in total. The lowest BCUT2D eigenvalue weighted by Gasteiger charge is -2.07. The standard InChI is InChI=1S/C29H28N2O3S/c1-34-24-14-12-21(13-15-24)25-19-26(22-5-3-2-4-6-22)31-28(25)27(32)16-9-20-7-10-23(11-8-20)29(33)30-17-18-35/h2-8,10-15,19,31,35H,9,16-18H2,1H3,(H,30,33). The quantitative estimate of drug-likeness (QED) is 0.196. The third kappa shape index (κ3) is 6.03. The Hall–Kier alpha value is -3.77. The van der Waals surface area contributed by atoms with E-state index < -0.39 is 0 Å². The zero-order chi connectivity index (χ0) is 24.6. The van der Waals surface area contributed by atoms with Gasteiger partial charge in [0.2, 0.25) is 0 Å². The Labute approximate surface area is 211 Å². The Kier molecular flexibility index (Phi) is 8.06. The molecule has 35 heavy (non-hydrogen) atoms. The molecule has 4 aromatic rings. The lowest BCUT2D eigenvalue weighted by molar-refractivity contribution is 0.0953. The lowest BCUT2D eigenvalue weighted by atomic mass is 9.99. The van der Waals surface area contributed by atoms with E-state index in [4.69, 9.17) is 4.74 Å². The molecule has 6 heteroatoms. The fourth-order valence-electron chi connectivity index (χ4n) is 3.92. The van der Waals surface area contributed by atoms with Gasteiger partial charge in [-0.1, -0.05) is 54.6 Å². The van der Waals surface area contributed by atoms with E-state index in [0.29, 0.717) is 36.4 Å². The summed E-state index contributed by atoms with van der Waals surface area (Å²) in [5.41, 5.74) is 5.93. The molecular weight excluding hydrogens is 456 g/mol. The number of carbonyl (C=O) groups excluding carboxylic acids is 2. The van der Waals surface area contributed by atoms with Crippen LogP contribution in [-0.2, 0) is 6.42 Å². The van der Waals surface area contributed by atoms with Gasteiger partial charge in [0.1, 0.15) is 5.75 Å². The molecule has 0 fully saturated rings. The average molecular weight is 485 g/mol. The summed E-state index contributed by atoms with van der Waals surface area (Å²) in [6.45, 7) is 0.524. The Bertz CT molecular complexity index is 1280. The van der Waals surface area contributed by atoms with Crippen LogP contribution in [0.25, 0.3) is 22.4 Å². The van der Waals surface area contributed by atoms with Crippen molar-refractivity contribution in [3.8, 4) is 28.1 Å². The molecule has 4 rings (SSSR count). The van der Waals surface area contributed by atoms with Gasteiger partial charge in [0, 0.05) is 35.5 Å². The normalized spacial score (nSPS) is 10.7. The molecule has 0 saturated carbocycles. The number of nitrogens with one attached hydrogen (secondary N) is 2. The fraction of sp³-hybridized carbons (Fsp3) is 0.172. The van der Waals surface area contributed by atoms with E-state index >= 15 is 0 Å². The number of hydrogen-bond donors (Lipinski definition) is 3. The van der Waals surface area contributed by atoms with Crippen LogP contribution in [0.3, 0.4) is 0 Å². The Morgan fingerprint density at radius 3 is 2.29 bits per heavy atom. The van der Waals surface area contributed by atoms with E-state index in [0.717, 1.165) is 33.7 Å². The summed E-state index contributed by atoms with van der Waals surface area (Å²) in [5.74, 6) is 1.28. The molecule has 0 aliphatic heterocycles. The molecule has 1 heterocycles. The van der Waals surface area contributed by atoms with Crippen LogP contribution in [0.4, 0.5) is 0 Å². The minimum atomic E-state index is -0.120. The summed E-state index contributed by atoms with van der Waals surface area (Å²) in [6.07, 6.45) is 0.933. The van der Waals surface area contributed by atoms with Crippen LogP contribution in [0.15, 0.2) is 84.9 Å².